The average molecular weight is 381 g/mol. The molecular formula is C22H23NO5. The van der Waals surface area contributed by atoms with E-state index in [1.165, 1.54) is 0 Å². The van der Waals surface area contributed by atoms with Crippen molar-refractivity contribution in [2.75, 3.05) is 14.2 Å². The smallest absolute Gasteiger partial charge is 0.328 e. The second-order valence-corrected chi connectivity index (χ2v) is 6.46. The Balaban J connectivity index is 2.27. The van der Waals surface area contributed by atoms with E-state index in [9.17, 15) is 9.90 Å². The maximum absolute atomic E-state index is 11.5. The topological polar surface area (TPSA) is 81.3 Å². The molecule has 0 aliphatic carbocycles. The second-order valence-electron chi connectivity index (χ2n) is 6.46. The minimum atomic E-state index is -0.947. The maximum atomic E-state index is 11.5. The molecule has 3 aromatic rings. The molecule has 0 unspecified atom stereocenters. The maximum Gasteiger partial charge on any atom is 0.328 e. The van der Waals surface area contributed by atoms with E-state index in [-0.39, 0.29) is 0 Å². The summed E-state index contributed by atoms with van der Waals surface area (Å²) in [6.45, 7) is 3.78. The van der Waals surface area contributed by atoms with Crippen LogP contribution in [0.1, 0.15) is 18.9 Å². The van der Waals surface area contributed by atoms with Crippen molar-refractivity contribution >= 4 is 16.9 Å². The standard InChI is InChI=1S/C22H23NO5/c1-5-16(22(24)25)23-17-12-20(28-18-8-6-13(2)10-15(17)18)14-7-9-19(26-3)21(11-14)27-4/h6-12,16H,5H2,1-4H3,(H,24,25)/t16-/m0/s1. The van der Waals surface area contributed by atoms with E-state index in [0.717, 1.165) is 16.5 Å². The largest absolute Gasteiger partial charge is 0.493 e. The molecule has 6 nitrogen and oxygen atoms in total. The van der Waals surface area contributed by atoms with Crippen LogP contribution in [0.15, 0.2) is 51.9 Å². The number of ether oxygens (including phenoxy) is 2. The third-order valence-electron chi connectivity index (χ3n) is 4.53. The highest BCUT2D eigenvalue weighted by Gasteiger charge is 2.15. The van der Waals surface area contributed by atoms with Crippen LogP contribution in [-0.4, -0.2) is 31.3 Å². The normalized spacial score (nSPS) is 12.8. The number of benzene rings is 2. The molecule has 1 atom stereocenters. The average Bonchev–Trinajstić information content (AvgIpc) is 2.70. The lowest BCUT2D eigenvalue weighted by Gasteiger charge is -2.11. The monoisotopic (exact) mass is 381 g/mol. The molecule has 1 aromatic heterocycles. The van der Waals surface area contributed by atoms with Crippen LogP contribution in [0.2, 0.25) is 0 Å². The second kappa shape index (κ2) is 8.17. The zero-order chi connectivity index (χ0) is 20.3. The van der Waals surface area contributed by atoms with Gasteiger partial charge in [-0.3, -0.25) is 4.99 Å². The first-order valence-corrected chi connectivity index (χ1v) is 9.00. The predicted molar refractivity (Wildman–Crippen MR) is 107 cm³/mol. The molecule has 0 aliphatic rings. The van der Waals surface area contributed by atoms with Crippen LogP contribution >= 0.6 is 0 Å². The quantitative estimate of drug-likeness (QED) is 0.692. The van der Waals surface area contributed by atoms with Gasteiger partial charge in [0.2, 0.25) is 0 Å². The van der Waals surface area contributed by atoms with Crippen molar-refractivity contribution in [1.82, 2.24) is 0 Å². The fourth-order valence-corrected chi connectivity index (χ4v) is 3.01. The molecule has 0 saturated heterocycles. The molecule has 3 rings (SSSR count). The Morgan fingerprint density at radius 3 is 2.50 bits per heavy atom. The fourth-order valence-electron chi connectivity index (χ4n) is 3.01. The number of methoxy groups -OCH3 is 2. The molecule has 0 amide bonds. The lowest BCUT2D eigenvalue weighted by molar-refractivity contribution is -0.138. The number of rotatable bonds is 6. The molecule has 6 heteroatoms. The highest BCUT2D eigenvalue weighted by atomic mass is 16.5. The van der Waals surface area contributed by atoms with Crippen molar-refractivity contribution in [3.8, 4) is 22.8 Å². The first kappa shape index (κ1) is 19.5. The van der Waals surface area contributed by atoms with Crippen LogP contribution in [0.25, 0.3) is 22.3 Å². The Labute approximate surface area is 163 Å². The van der Waals surface area contributed by atoms with Gasteiger partial charge in [-0.25, -0.2) is 4.79 Å². The van der Waals surface area contributed by atoms with Crippen molar-refractivity contribution in [2.24, 2.45) is 4.99 Å². The van der Waals surface area contributed by atoms with Gasteiger partial charge < -0.3 is 19.0 Å². The zero-order valence-corrected chi connectivity index (χ0v) is 16.4. The van der Waals surface area contributed by atoms with E-state index in [1.54, 1.807) is 33.3 Å². The lowest BCUT2D eigenvalue weighted by atomic mass is 10.1. The van der Waals surface area contributed by atoms with Gasteiger partial charge in [0, 0.05) is 17.0 Å². The van der Waals surface area contributed by atoms with E-state index < -0.39 is 12.0 Å². The first-order chi connectivity index (χ1) is 13.5. The lowest BCUT2D eigenvalue weighted by Crippen LogP contribution is -2.20. The highest BCUT2D eigenvalue weighted by molar-refractivity contribution is 5.80. The van der Waals surface area contributed by atoms with Crippen molar-refractivity contribution in [1.29, 1.82) is 0 Å². The van der Waals surface area contributed by atoms with Crippen LogP contribution in [0.4, 0.5) is 0 Å². The number of carboxylic acids is 1. The number of hydrogen-bond acceptors (Lipinski definition) is 5. The van der Waals surface area contributed by atoms with E-state index in [1.807, 2.05) is 37.3 Å². The Morgan fingerprint density at radius 1 is 1.11 bits per heavy atom. The van der Waals surface area contributed by atoms with E-state index in [4.69, 9.17) is 13.9 Å². The van der Waals surface area contributed by atoms with Crippen molar-refractivity contribution < 1.29 is 23.8 Å². The third-order valence-corrected chi connectivity index (χ3v) is 4.53. The Kier molecular flexibility index (Phi) is 5.68. The number of carboxylic acid groups (broad SMARTS) is 1. The third kappa shape index (κ3) is 3.86. The Hall–Kier alpha value is -3.28. The Morgan fingerprint density at radius 2 is 1.86 bits per heavy atom. The van der Waals surface area contributed by atoms with Crippen LogP contribution in [0, 0.1) is 6.92 Å². The van der Waals surface area contributed by atoms with Crippen LogP contribution in [0.5, 0.6) is 11.5 Å². The summed E-state index contributed by atoms with van der Waals surface area (Å²) in [6.07, 6.45) is 0.403. The molecule has 0 bridgehead atoms. The SMILES string of the molecule is CC[C@H](N=c1cc(-c2ccc(OC)c(OC)c2)oc2ccc(C)cc12)C(=O)O. The molecule has 2 aromatic carbocycles. The molecule has 0 aliphatic heterocycles. The minimum Gasteiger partial charge on any atom is -0.493 e. The molecule has 0 saturated carbocycles. The number of nitrogens with zero attached hydrogens (tertiary/aromatic N) is 1. The van der Waals surface area contributed by atoms with Gasteiger partial charge >= 0.3 is 5.97 Å². The minimum absolute atomic E-state index is 0.403. The van der Waals surface area contributed by atoms with E-state index >= 15 is 0 Å². The summed E-state index contributed by atoms with van der Waals surface area (Å²) >= 11 is 0. The molecule has 28 heavy (non-hydrogen) atoms. The number of aryl methyl sites for hydroxylation is 1. The molecule has 0 fully saturated rings. The van der Waals surface area contributed by atoms with Gasteiger partial charge in [-0.1, -0.05) is 18.6 Å². The summed E-state index contributed by atoms with van der Waals surface area (Å²) in [5, 5.41) is 10.8. The number of aliphatic carboxylic acids is 1. The molecule has 0 radical (unpaired) electrons. The summed E-state index contributed by atoms with van der Waals surface area (Å²) in [5.41, 5.74) is 2.46. The summed E-state index contributed by atoms with van der Waals surface area (Å²) < 4.78 is 16.8. The van der Waals surface area contributed by atoms with Gasteiger partial charge in [0.15, 0.2) is 11.5 Å². The Bertz CT molecular complexity index is 1080. The summed E-state index contributed by atoms with van der Waals surface area (Å²) in [5.74, 6) is 0.812. The fraction of sp³-hybridized carbons (Fsp3) is 0.273. The summed E-state index contributed by atoms with van der Waals surface area (Å²) in [7, 11) is 3.15. The van der Waals surface area contributed by atoms with Crippen molar-refractivity contribution in [3.63, 3.8) is 0 Å². The molecule has 0 spiro atoms. The van der Waals surface area contributed by atoms with Crippen molar-refractivity contribution in [3.05, 3.63) is 53.4 Å². The molecule has 1 N–H and O–H groups in total. The molecule has 1 heterocycles. The molecule has 146 valence electrons. The van der Waals surface area contributed by atoms with Gasteiger partial charge in [-0.15, -0.1) is 0 Å². The van der Waals surface area contributed by atoms with Gasteiger partial charge in [0.05, 0.1) is 19.6 Å². The zero-order valence-electron chi connectivity index (χ0n) is 16.4. The van der Waals surface area contributed by atoms with Gasteiger partial charge in [0.25, 0.3) is 0 Å². The van der Waals surface area contributed by atoms with Crippen molar-refractivity contribution in [2.45, 2.75) is 26.3 Å². The van der Waals surface area contributed by atoms with Gasteiger partial charge in [0.1, 0.15) is 17.4 Å². The predicted octanol–water partition coefficient (Wildman–Crippen LogP) is 4.19. The highest BCUT2D eigenvalue weighted by Crippen LogP contribution is 2.32. The first-order valence-electron chi connectivity index (χ1n) is 9.00. The van der Waals surface area contributed by atoms with E-state index in [2.05, 4.69) is 4.99 Å². The number of carbonyl (C=O) groups is 1. The van der Waals surface area contributed by atoms with E-state index in [0.29, 0.717) is 34.6 Å². The van der Waals surface area contributed by atoms with Crippen LogP contribution in [-0.2, 0) is 4.79 Å². The molecular weight excluding hydrogens is 358 g/mol. The van der Waals surface area contributed by atoms with Gasteiger partial charge in [-0.2, -0.15) is 0 Å². The summed E-state index contributed by atoms with van der Waals surface area (Å²) in [6, 6.07) is 12.2. The van der Waals surface area contributed by atoms with Crippen LogP contribution in [0.3, 0.4) is 0 Å². The van der Waals surface area contributed by atoms with Crippen LogP contribution < -0.4 is 14.8 Å². The number of hydrogen-bond donors (Lipinski definition) is 1. The summed E-state index contributed by atoms with van der Waals surface area (Å²) in [4.78, 5) is 16.0. The number of fused-ring (bicyclic) bond motifs is 1. The van der Waals surface area contributed by atoms with Gasteiger partial charge in [-0.05, 0) is 43.7 Å².